The van der Waals surface area contributed by atoms with Gasteiger partial charge in [-0.1, -0.05) is 43.4 Å². The van der Waals surface area contributed by atoms with E-state index in [4.69, 9.17) is 4.74 Å². The summed E-state index contributed by atoms with van der Waals surface area (Å²) in [6, 6.07) is 0.128. The van der Waals surface area contributed by atoms with E-state index in [9.17, 15) is 9.18 Å². The molecule has 0 aromatic heterocycles. The lowest BCUT2D eigenvalue weighted by atomic mass is 9.81. The molecule has 0 spiro atoms. The molecule has 1 fully saturated rings. The van der Waals surface area contributed by atoms with Gasteiger partial charge in [-0.15, -0.1) is 0 Å². The SMILES string of the molecule is C[C@H]1C2=CC=CCC2OC2=C1C=CC(C1=CCC(C(=O)N3CCC(F)C3)CC1)N2. The van der Waals surface area contributed by atoms with Gasteiger partial charge >= 0.3 is 0 Å². The van der Waals surface area contributed by atoms with Crippen molar-refractivity contribution in [2.45, 2.75) is 57.3 Å². The molecule has 1 amide bonds. The molecule has 0 bridgehead atoms. The number of fused-ring (bicyclic) bond motifs is 1. The molecule has 29 heavy (non-hydrogen) atoms. The van der Waals surface area contributed by atoms with Crippen LogP contribution in [0.15, 0.2) is 59.1 Å². The number of dihydropyridines is 1. The van der Waals surface area contributed by atoms with Gasteiger partial charge in [-0.3, -0.25) is 4.79 Å². The molecular formula is C24H29FN2O2. The highest BCUT2D eigenvalue weighted by Gasteiger charge is 2.36. The number of nitrogens with one attached hydrogen (secondary N) is 1. The normalized spacial score (nSPS) is 35.9. The van der Waals surface area contributed by atoms with Crippen LogP contribution in [-0.2, 0) is 9.53 Å². The molecule has 1 saturated heterocycles. The van der Waals surface area contributed by atoms with Crippen molar-refractivity contribution in [3.8, 4) is 0 Å². The maximum absolute atomic E-state index is 13.4. The number of carbonyl (C=O) groups is 1. The van der Waals surface area contributed by atoms with Crippen molar-refractivity contribution in [3.63, 3.8) is 0 Å². The van der Waals surface area contributed by atoms with Crippen molar-refractivity contribution in [2.75, 3.05) is 13.1 Å². The number of carbonyl (C=O) groups excluding carboxylic acids is 1. The van der Waals surface area contributed by atoms with Crippen molar-refractivity contribution >= 4 is 5.91 Å². The maximum atomic E-state index is 13.4. The molecule has 0 aromatic rings. The molecule has 5 atom stereocenters. The third-order valence-corrected chi connectivity index (χ3v) is 7.03. The fraction of sp³-hybridized carbons (Fsp3) is 0.542. The molecule has 2 aliphatic carbocycles. The summed E-state index contributed by atoms with van der Waals surface area (Å²) in [7, 11) is 0. The fourth-order valence-corrected chi connectivity index (χ4v) is 5.23. The highest BCUT2D eigenvalue weighted by molar-refractivity contribution is 5.79. The Morgan fingerprint density at radius 3 is 2.97 bits per heavy atom. The lowest BCUT2D eigenvalue weighted by Crippen LogP contribution is -2.41. The Morgan fingerprint density at radius 1 is 1.31 bits per heavy atom. The van der Waals surface area contributed by atoms with Gasteiger partial charge in [-0.25, -0.2) is 4.39 Å². The minimum atomic E-state index is -0.847. The van der Waals surface area contributed by atoms with Crippen LogP contribution in [0.4, 0.5) is 4.39 Å². The maximum Gasteiger partial charge on any atom is 0.226 e. The predicted molar refractivity (Wildman–Crippen MR) is 110 cm³/mol. The molecule has 0 saturated carbocycles. The van der Waals surface area contributed by atoms with Crippen LogP contribution in [0.1, 0.15) is 39.0 Å². The zero-order chi connectivity index (χ0) is 20.0. The quantitative estimate of drug-likeness (QED) is 0.719. The van der Waals surface area contributed by atoms with E-state index in [1.54, 1.807) is 4.90 Å². The van der Waals surface area contributed by atoms with Crippen LogP contribution in [0.25, 0.3) is 0 Å². The van der Waals surface area contributed by atoms with Crippen LogP contribution in [0.2, 0.25) is 0 Å². The van der Waals surface area contributed by atoms with Crippen molar-refractivity contribution in [1.82, 2.24) is 10.2 Å². The smallest absolute Gasteiger partial charge is 0.226 e. The monoisotopic (exact) mass is 396 g/mol. The average Bonchev–Trinajstić information content (AvgIpc) is 3.19. The van der Waals surface area contributed by atoms with Gasteiger partial charge in [0.2, 0.25) is 5.91 Å². The summed E-state index contributed by atoms with van der Waals surface area (Å²) in [6.45, 7) is 3.09. The molecule has 5 aliphatic rings. The van der Waals surface area contributed by atoms with Gasteiger partial charge in [-0.2, -0.15) is 0 Å². The van der Waals surface area contributed by atoms with Gasteiger partial charge in [0.1, 0.15) is 12.3 Å². The Labute approximate surface area is 171 Å². The number of rotatable bonds is 2. The van der Waals surface area contributed by atoms with Crippen molar-refractivity contribution in [2.24, 2.45) is 11.8 Å². The fourth-order valence-electron chi connectivity index (χ4n) is 5.23. The van der Waals surface area contributed by atoms with E-state index in [2.05, 4.69) is 48.7 Å². The van der Waals surface area contributed by atoms with E-state index < -0.39 is 6.17 Å². The number of allylic oxidation sites excluding steroid dienone is 5. The van der Waals surface area contributed by atoms with E-state index in [0.29, 0.717) is 18.9 Å². The van der Waals surface area contributed by atoms with Crippen LogP contribution < -0.4 is 5.32 Å². The Balaban J connectivity index is 1.24. The summed E-state index contributed by atoms with van der Waals surface area (Å²) in [5, 5.41) is 3.60. The Morgan fingerprint density at radius 2 is 2.21 bits per heavy atom. The first-order valence-electron chi connectivity index (χ1n) is 10.9. The molecule has 3 heterocycles. The van der Waals surface area contributed by atoms with E-state index in [-0.39, 0.29) is 30.5 Å². The lowest BCUT2D eigenvalue weighted by Gasteiger charge is -2.39. The van der Waals surface area contributed by atoms with Crippen LogP contribution in [-0.4, -0.2) is 42.2 Å². The van der Waals surface area contributed by atoms with Gasteiger partial charge in [0.05, 0.1) is 12.6 Å². The Hall–Kier alpha value is -2.30. The van der Waals surface area contributed by atoms with Gasteiger partial charge in [0.25, 0.3) is 0 Å². The zero-order valence-electron chi connectivity index (χ0n) is 16.9. The lowest BCUT2D eigenvalue weighted by molar-refractivity contribution is -0.134. The molecule has 0 radical (unpaired) electrons. The van der Waals surface area contributed by atoms with Gasteiger partial charge < -0.3 is 15.0 Å². The molecule has 3 aliphatic heterocycles. The third-order valence-electron chi connectivity index (χ3n) is 7.03. The Bertz CT molecular complexity index is 853. The molecular weight excluding hydrogens is 367 g/mol. The van der Waals surface area contributed by atoms with Crippen LogP contribution >= 0.6 is 0 Å². The van der Waals surface area contributed by atoms with E-state index in [1.807, 2.05) is 0 Å². The van der Waals surface area contributed by atoms with Gasteiger partial charge in [0, 0.05) is 30.4 Å². The highest BCUT2D eigenvalue weighted by atomic mass is 19.1. The largest absolute Gasteiger partial charge is 0.471 e. The van der Waals surface area contributed by atoms with Crippen LogP contribution in [0.5, 0.6) is 0 Å². The second-order valence-corrected chi connectivity index (χ2v) is 8.84. The first-order valence-corrected chi connectivity index (χ1v) is 10.9. The summed E-state index contributed by atoms with van der Waals surface area (Å²) in [5.41, 5.74) is 3.90. The standard InChI is InChI=1S/C24H29FN2O2/c1-15-19-4-2-3-5-22(19)29-23-20(15)10-11-21(26-23)16-6-8-17(9-7-16)24(28)27-13-12-18(25)14-27/h2-4,6,10-11,15,17-18,21-22,26H,5,7-9,12-14H2,1H3/t15-,17?,18?,21?,22?/m0/s1. The summed E-state index contributed by atoms with van der Waals surface area (Å²) < 4.78 is 19.7. The number of ether oxygens (including phenoxy) is 1. The number of alkyl halides is 1. The van der Waals surface area contributed by atoms with Gasteiger partial charge in [-0.05, 0) is 36.8 Å². The summed E-state index contributed by atoms with van der Waals surface area (Å²) in [6.07, 6.45) is 16.3. The van der Waals surface area contributed by atoms with Crippen molar-refractivity contribution in [3.05, 3.63) is 59.1 Å². The number of amides is 1. The molecule has 5 rings (SSSR count). The van der Waals surface area contributed by atoms with Crippen LogP contribution in [0.3, 0.4) is 0 Å². The predicted octanol–water partition coefficient (Wildman–Crippen LogP) is 3.94. The second kappa shape index (κ2) is 7.51. The molecule has 4 unspecified atom stereocenters. The van der Waals surface area contributed by atoms with E-state index >= 15 is 0 Å². The number of hydrogen-bond acceptors (Lipinski definition) is 3. The van der Waals surface area contributed by atoms with E-state index in [0.717, 1.165) is 31.6 Å². The third kappa shape index (κ3) is 3.45. The minimum Gasteiger partial charge on any atom is -0.471 e. The number of halogens is 1. The molecule has 0 aromatic carbocycles. The average molecular weight is 397 g/mol. The van der Waals surface area contributed by atoms with E-state index in [1.165, 1.54) is 16.7 Å². The Kier molecular flexibility index (Phi) is 4.84. The van der Waals surface area contributed by atoms with Crippen molar-refractivity contribution in [1.29, 1.82) is 0 Å². The van der Waals surface area contributed by atoms with Crippen LogP contribution in [0, 0.1) is 11.8 Å². The number of likely N-dealkylation sites (tertiary alicyclic amines) is 1. The highest BCUT2D eigenvalue weighted by Crippen LogP contribution is 2.39. The molecule has 1 N–H and O–H groups in total. The minimum absolute atomic E-state index is 0.000860. The van der Waals surface area contributed by atoms with Crippen molar-refractivity contribution < 1.29 is 13.9 Å². The molecule has 4 nitrogen and oxygen atoms in total. The first-order chi connectivity index (χ1) is 14.1. The summed E-state index contributed by atoms with van der Waals surface area (Å²) in [5.74, 6) is 1.40. The number of hydrogen-bond donors (Lipinski definition) is 1. The summed E-state index contributed by atoms with van der Waals surface area (Å²) >= 11 is 0. The first kappa shape index (κ1) is 18.7. The second-order valence-electron chi connectivity index (χ2n) is 8.84. The van der Waals surface area contributed by atoms with Gasteiger partial charge in [0.15, 0.2) is 5.88 Å². The zero-order valence-corrected chi connectivity index (χ0v) is 16.9. The number of nitrogens with zero attached hydrogens (tertiary/aromatic N) is 1. The molecule has 154 valence electrons. The molecule has 5 heteroatoms. The summed E-state index contributed by atoms with van der Waals surface area (Å²) in [4.78, 5) is 14.4. The topological polar surface area (TPSA) is 41.6 Å².